The number of hydrogen-bond donors (Lipinski definition) is 2. The first-order chi connectivity index (χ1) is 12.1. The largest absolute Gasteiger partial charge is 0.481 e. The molecule has 6 nitrogen and oxygen atoms in total. The van der Waals surface area contributed by atoms with E-state index in [4.69, 9.17) is 4.74 Å². The number of nitrogens with one attached hydrogen (secondary N) is 1. The van der Waals surface area contributed by atoms with Gasteiger partial charge in [-0.05, 0) is 12.8 Å². The van der Waals surface area contributed by atoms with Crippen LogP contribution in [0.5, 0.6) is 0 Å². The number of ether oxygens (including phenoxy) is 1. The van der Waals surface area contributed by atoms with Gasteiger partial charge in [-0.25, -0.2) is 4.98 Å². The molecule has 0 saturated carbocycles. The van der Waals surface area contributed by atoms with Gasteiger partial charge in [-0.1, -0.05) is 30.3 Å². The number of benzene rings is 1. The molecule has 25 heavy (non-hydrogen) atoms. The van der Waals surface area contributed by atoms with Crippen molar-refractivity contribution in [3.63, 3.8) is 0 Å². The van der Waals surface area contributed by atoms with Crippen LogP contribution in [-0.2, 0) is 20.7 Å². The van der Waals surface area contributed by atoms with E-state index in [9.17, 15) is 14.7 Å². The second-order valence-electron chi connectivity index (χ2n) is 6.16. The SMILES string of the molecule is O=C(Cc1csc(-c2ccccc2)n1)NCC1(C(=O)O)CCOCC1. The zero-order valence-corrected chi connectivity index (χ0v) is 14.6. The van der Waals surface area contributed by atoms with E-state index in [0.717, 1.165) is 10.6 Å². The minimum atomic E-state index is -0.925. The first-order valence-electron chi connectivity index (χ1n) is 8.17. The Labute approximate surface area is 149 Å². The minimum Gasteiger partial charge on any atom is -0.481 e. The van der Waals surface area contributed by atoms with Crippen LogP contribution in [0.4, 0.5) is 0 Å². The first kappa shape index (κ1) is 17.6. The van der Waals surface area contributed by atoms with Crippen LogP contribution >= 0.6 is 11.3 Å². The molecule has 132 valence electrons. The van der Waals surface area contributed by atoms with E-state index in [0.29, 0.717) is 31.7 Å². The molecule has 0 radical (unpaired) electrons. The molecule has 1 aromatic carbocycles. The van der Waals surface area contributed by atoms with Crippen LogP contribution in [0, 0.1) is 5.41 Å². The van der Waals surface area contributed by atoms with Crippen molar-refractivity contribution in [2.24, 2.45) is 5.41 Å². The van der Waals surface area contributed by atoms with Crippen LogP contribution in [0.2, 0.25) is 0 Å². The summed E-state index contributed by atoms with van der Waals surface area (Å²) in [7, 11) is 0. The van der Waals surface area contributed by atoms with Crippen molar-refractivity contribution in [1.82, 2.24) is 10.3 Å². The van der Waals surface area contributed by atoms with Crippen LogP contribution in [0.25, 0.3) is 10.6 Å². The second kappa shape index (κ2) is 7.76. The number of carbonyl (C=O) groups excluding carboxylic acids is 1. The molecule has 1 aliphatic rings. The molecule has 7 heteroatoms. The van der Waals surface area contributed by atoms with Crippen molar-refractivity contribution in [2.75, 3.05) is 19.8 Å². The summed E-state index contributed by atoms with van der Waals surface area (Å²) in [6, 6.07) is 9.79. The molecule has 2 heterocycles. The third kappa shape index (κ3) is 4.24. The van der Waals surface area contributed by atoms with Gasteiger partial charge >= 0.3 is 5.97 Å². The van der Waals surface area contributed by atoms with Crippen LogP contribution in [-0.4, -0.2) is 41.7 Å². The molecule has 1 aliphatic heterocycles. The van der Waals surface area contributed by atoms with Crippen molar-refractivity contribution in [3.8, 4) is 10.6 Å². The molecule has 1 aromatic heterocycles. The van der Waals surface area contributed by atoms with Crippen LogP contribution < -0.4 is 5.32 Å². The Morgan fingerprint density at radius 2 is 1.96 bits per heavy atom. The topological polar surface area (TPSA) is 88.5 Å². The Morgan fingerprint density at radius 3 is 2.64 bits per heavy atom. The van der Waals surface area contributed by atoms with Crippen molar-refractivity contribution in [3.05, 3.63) is 41.4 Å². The molecule has 0 spiro atoms. The summed E-state index contributed by atoms with van der Waals surface area (Å²) < 4.78 is 5.24. The third-order valence-corrected chi connectivity index (χ3v) is 5.38. The highest BCUT2D eigenvalue weighted by atomic mass is 32.1. The van der Waals surface area contributed by atoms with E-state index in [1.54, 1.807) is 0 Å². The number of rotatable bonds is 6. The number of carboxylic acids is 1. The number of aromatic nitrogens is 1. The summed E-state index contributed by atoms with van der Waals surface area (Å²) in [5.41, 5.74) is 0.787. The van der Waals surface area contributed by atoms with Crippen molar-refractivity contribution in [1.29, 1.82) is 0 Å². The maximum absolute atomic E-state index is 12.2. The molecular formula is C18H20N2O4S. The van der Waals surface area contributed by atoms with Gasteiger partial charge in [-0.15, -0.1) is 11.3 Å². The Bertz CT molecular complexity index is 739. The number of carbonyl (C=O) groups is 2. The summed E-state index contributed by atoms with van der Waals surface area (Å²) in [6.07, 6.45) is 0.977. The lowest BCUT2D eigenvalue weighted by Crippen LogP contribution is -2.46. The Morgan fingerprint density at radius 1 is 1.24 bits per heavy atom. The smallest absolute Gasteiger partial charge is 0.311 e. The molecule has 1 saturated heterocycles. The quantitative estimate of drug-likeness (QED) is 0.825. The molecule has 0 unspecified atom stereocenters. The zero-order valence-electron chi connectivity index (χ0n) is 13.7. The normalized spacial score (nSPS) is 16.3. The summed E-state index contributed by atoms with van der Waals surface area (Å²) in [5, 5.41) is 15.0. The molecule has 1 amide bonds. The van der Waals surface area contributed by atoms with Crippen molar-refractivity contribution < 1.29 is 19.4 Å². The highest BCUT2D eigenvalue weighted by Crippen LogP contribution is 2.30. The lowest BCUT2D eigenvalue weighted by atomic mass is 9.80. The predicted octanol–water partition coefficient (Wildman–Crippen LogP) is 2.35. The third-order valence-electron chi connectivity index (χ3n) is 4.44. The fourth-order valence-corrected chi connectivity index (χ4v) is 3.65. The van der Waals surface area contributed by atoms with E-state index >= 15 is 0 Å². The molecule has 3 rings (SSSR count). The molecule has 0 bridgehead atoms. The van der Waals surface area contributed by atoms with Gasteiger partial charge in [-0.3, -0.25) is 9.59 Å². The predicted molar refractivity (Wildman–Crippen MR) is 94.4 cm³/mol. The maximum atomic E-state index is 12.2. The van der Waals surface area contributed by atoms with Gasteiger partial charge in [0, 0.05) is 30.7 Å². The minimum absolute atomic E-state index is 0.125. The molecule has 2 N–H and O–H groups in total. The molecular weight excluding hydrogens is 340 g/mol. The number of nitrogens with zero attached hydrogens (tertiary/aromatic N) is 1. The summed E-state index contributed by atoms with van der Waals surface area (Å²) >= 11 is 1.49. The fourth-order valence-electron chi connectivity index (χ4n) is 2.82. The van der Waals surface area contributed by atoms with Gasteiger partial charge in [0.05, 0.1) is 17.5 Å². The summed E-state index contributed by atoms with van der Waals surface area (Å²) in [6.45, 7) is 0.948. The number of amides is 1. The number of thiazole rings is 1. The highest BCUT2D eigenvalue weighted by Gasteiger charge is 2.40. The Kier molecular flexibility index (Phi) is 5.45. The molecule has 1 fully saturated rings. The van der Waals surface area contributed by atoms with Crippen LogP contribution in [0.3, 0.4) is 0 Å². The van der Waals surface area contributed by atoms with Gasteiger partial charge in [-0.2, -0.15) is 0 Å². The molecule has 2 aromatic rings. The van der Waals surface area contributed by atoms with E-state index in [2.05, 4.69) is 10.3 Å². The monoisotopic (exact) mass is 360 g/mol. The average molecular weight is 360 g/mol. The lowest BCUT2D eigenvalue weighted by molar-refractivity contribution is -0.154. The molecule has 0 atom stereocenters. The standard InChI is InChI=1S/C18H20N2O4S/c21-15(19-12-18(17(22)23)6-8-24-9-7-18)10-14-11-25-16(20-14)13-4-2-1-3-5-13/h1-5,11H,6-10,12H2,(H,19,21)(H,22,23). The van der Waals surface area contributed by atoms with E-state index in [1.165, 1.54) is 11.3 Å². The van der Waals surface area contributed by atoms with Crippen molar-refractivity contribution in [2.45, 2.75) is 19.3 Å². The highest BCUT2D eigenvalue weighted by molar-refractivity contribution is 7.13. The van der Waals surface area contributed by atoms with Crippen LogP contribution in [0.1, 0.15) is 18.5 Å². The molecule has 0 aliphatic carbocycles. The first-order valence-corrected chi connectivity index (χ1v) is 9.05. The summed E-state index contributed by atoms with van der Waals surface area (Å²) in [4.78, 5) is 28.3. The Balaban J connectivity index is 1.58. The van der Waals surface area contributed by atoms with Gasteiger partial charge in [0.25, 0.3) is 0 Å². The van der Waals surface area contributed by atoms with E-state index in [1.807, 2.05) is 35.7 Å². The van der Waals surface area contributed by atoms with Crippen LogP contribution in [0.15, 0.2) is 35.7 Å². The van der Waals surface area contributed by atoms with E-state index < -0.39 is 11.4 Å². The lowest BCUT2D eigenvalue weighted by Gasteiger charge is -2.33. The zero-order chi connectivity index (χ0) is 17.7. The van der Waals surface area contributed by atoms with E-state index in [-0.39, 0.29) is 18.9 Å². The van der Waals surface area contributed by atoms with Gasteiger partial charge in [0.1, 0.15) is 5.01 Å². The summed E-state index contributed by atoms with van der Waals surface area (Å²) in [5.74, 6) is -1.09. The van der Waals surface area contributed by atoms with Gasteiger partial charge in [0.2, 0.25) is 5.91 Å². The Hall–Kier alpha value is -2.25. The van der Waals surface area contributed by atoms with Crippen molar-refractivity contribution >= 4 is 23.2 Å². The van der Waals surface area contributed by atoms with Gasteiger partial charge in [0.15, 0.2) is 0 Å². The number of hydrogen-bond acceptors (Lipinski definition) is 5. The second-order valence-corrected chi connectivity index (χ2v) is 7.02. The average Bonchev–Trinajstić information content (AvgIpc) is 3.10. The fraction of sp³-hybridized carbons (Fsp3) is 0.389. The van der Waals surface area contributed by atoms with Gasteiger partial charge < -0.3 is 15.2 Å². The number of carboxylic acid groups (broad SMARTS) is 1. The maximum Gasteiger partial charge on any atom is 0.311 e. The number of aliphatic carboxylic acids is 1.